The summed E-state index contributed by atoms with van der Waals surface area (Å²) in [5.41, 5.74) is 0.465. The summed E-state index contributed by atoms with van der Waals surface area (Å²) >= 11 is 0. The predicted molar refractivity (Wildman–Crippen MR) is 99.3 cm³/mol. The SMILES string of the molecule is CCC1(CNC(=NC)NCCC(=O)NC(C)C)CCC1.I. The van der Waals surface area contributed by atoms with Crippen molar-refractivity contribution in [1.82, 2.24) is 16.0 Å². The number of amides is 1. The second-order valence-electron chi connectivity index (χ2n) is 6.03. The highest BCUT2D eigenvalue weighted by Crippen LogP contribution is 2.42. The third-order valence-corrected chi connectivity index (χ3v) is 4.11. The lowest BCUT2D eigenvalue weighted by Crippen LogP contribution is -2.46. The lowest BCUT2D eigenvalue weighted by atomic mass is 9.67. The molecule has 5 nitrogen and oxygen atoms in total. The van der Waals surface area contributed by atoms with Crippen molar-refractivity contribution in [3.05, 3.63) is 0 Å². The van der Waals surface area contributed by atoms with Crippen molar-refractivity contribution >= 4 is 35.8 Å². The van der Waals surface area contributed by atoms with E-state index in [1.165, 1.54) is 25.7 Å². The Balaban J connectivity index is 0.00000400. The number of carbonyl (C=O) groups excluding carboxylic acids is 1. The minimum absolute atomic E-state index is 0. The van der Waals surface area contributed by atoms with Crippen molar-refractivity contribution in [3.8, 4) is 0 Å². The molecule has 0 aromatic carbocycles. The minimum atomic E-state index is 0. The Bertz CT molecular complexity index is 335. The summed E-state index contributed by atoms with van der Waals surface area (Å²) in [5.74, 6) is 0.869. The molecule has 0 aromatic heterocycles. The van der Waals surface area contributed by atoms with E-state index in [-0.39, 0.29) is 35.9 Å². The van der Waals surface area contributed by atoms with Crippen molar-refractivity contribution in [2.24, 2.45) is 10.4 Å². The molecule has 1 saturated carbocycles. The number of guanidine groups is 1. The van der Waals surface area contributed by atoms with E-state index in [0.29, 0.717) is 18.4 Å². The fourth-order valence-corrected chi connectivity index (χ4v) is 2.51. The number of hydrogen-bond acceptors (Lipinski definition) is 2. The third-order valence-electron chi connectivity index (χ3n) is 4.11. The predicted octanol–water partition coefficient (Wildman–Crippen LogP) is 2.26. The van der Waals surface area contributed by atoms with Gasteiger partial charge in [0, 0.05) is 32.6 Å². The van der Waals surface area contributed by atoms with Crippen LogP contribution in [0.15, 0.2) is 4.99 Å². The number of rotatable bonds is 7. The summed E-state index contributed by atoms with van der Waals surface area (Å²) in [6.07, 6.45) is 5.65. The van der Waals surface area contributed by atoms with Gasteiger partial charge >= 0.3 is 0 Å². The molecule has 1 amide bonds. The van der Waals surface area contributed by atoms with Gasteiger partial charge in [0.1, 0.15) is 0 Å². The van der Waals surface area contributed by atoms with E-state index in [1.807, 2.05) is 13.8 Å². The van der Waals surface area contributed by atoms with Gasteiger partial charge in [0.25, 0.3) is 0 Å². The zero-order valence-electron chi connectivity index (χ0n) is 13.8. The second-order valence-corrected chi connectivity index (χ2v) is 6.03. The fourth-order valence-electron chi connectivity index (χ4n) is 2.51. The van der Waals surface area contributed by atoms with Crippen LogP contribution in [0.3, 0.4) is 0 Å². The first-order valence-corrected chi connectivity index (χ1v) is 7.75. The Kier molecular flexibility index (Phi) is 9.98. The van der Waals surface area contributed by atoms with E-state index in [1.54, 1.807) is 7.05 Å². The lowest BCUT2D eigenvalue weighted by molar-refractivity contribution is -0.121. The Morgan fingerprint density at radius 2 is 1.95 bits per heavy atom. The molecule has 0 bridgehead atoms. The molecule has 0 aliphatic heterocycles. The monoisotopic (exact) mass is 410 g/mol. The van der Waals surface area contributed by atoms with Gasteiger partial charge in [0.05, 0.1) is 0 Å². The molecule has 0 atom stereocenters. The first-order valence-electron chi connectivity index (χ1n) is 7.75. The number of nitrogens with one attached hydrogen (secondary N) is 3. The first-order chi connectivity index (χ1) is 9.51. The Hall–Kier alpha value is -0.530. The highest BCUT2D eigenvalue weighted by molar-refractivity contribution is 14.0. The smallest absolute Gasteiger partial charge is 0.221 e. The molecule has 6 heteroatoms. The molecule has 1 fully saturated rings. The van der Waals surface area contributed by atoms with Gasteiger partial charge in [0.2, 0.25) is 5.91 Å². The number of aliphatic imine (C=N–C) groups is 1. The summed E-state index contributed by atoms with van der Waals surface area (Å²) in [6, 6.07) is 0.197. The highest BCUT2D eigenvalue weighted by Gasteiger charge is 2.34. The van der Waals surface area contributed by atoms with E-state index in [4.69, 9.17) is 0 Å². The molecule has 1 aliphatic rings. The first kappa shape index (κ1) is 20.5. The quantitative estimate of drug-likeness (QED) is 0.343. The minimum Gasteiger partial charge on any atom is -0.356 e. The maximum absolute atomic E-state index is 11.5. The van der Waals surface area contributed by atoms with Crippen LogP contribution in [0.1, 0.15) is 52.9 Å². The van der Waals surface area contributed by atoms with Crippen LogP contribution in [0.4, 0.5) is 0 Å². The number of halogens is 1. The normalized spacial score (nSPS) is 16.7. The summed E-state index contributed by atoms with van der Waals surface area (Å²) in [4.78, 5) is 15.7. The molecular formula is C15H31IN4O. The van der Waals surface area contributed by atoms with Gasteiger partial charge in [-0.1, -0.05) is 13.3 Å². The van der Waals surface area contributed by atoms with E-state index < -0.39 is 0 Å². The van der Waals surface area contributed by atoms with Crippen molar-refractivity contribution < 1.29 is 4.79 Å². The van der Waals surface area contributed by atoms with Gasteiger partial charge in [-0.25, -0.2) is 0 Å². The summed E-state index contributed by atoms with van der Waals surface area (Å²) < 4.78 is 0. The van der Waals surface area contributed by atoms with Crippen molar-refractivity contribution in [2.45, 2.75) is 58.9 Å². The van der Waals surface area contributed by atoms with Gasteiger partial charge in [-0.05, 0) is 38.5 Å². The fraction of sp³-hybridized carbons (Fsp3) is 0.867. The van der Waals surface area contributed by atoms with E-state index in [9.17, 15) is 4.79 Å². The molecule has 124 valence electrons. The maximum atomic E-state index is 11.5. The maximum Gasteiger partial charge on any atom is 0.221 e. The van der Waals surface area contributed by atoms with Crippen LogP contribution < -0.4 is 16.0 Å². The summed E-state index contributed by atoms with van der Waals surface area (Å²) in [7, 11) is 1.77. The lowest BCUT2D eigenvalue weighted by Gasteiger charge is -2.41. The van der Waals surface area contributed by atoms with Gasteiger partial charge in [0.15, 0.2) is 5.96 Å². The number of carbonyl (C=O) groups is 1. The molecular weight excluding hydrogens is 379 g/mol. The van der Waals surface area contributed by atoms with Gasteiger partial charge in [-0.2, -0.15) is 0 Å². The molecule has 0 unspecified atom stereocenters. The molecule has 1 aliphatic carbocycles. The number of nitrogens with zero attached hydrogens (tertiary/aromatic N) is 1. The highest BCUT2D eigenvalue weighted by atomic mass is 127. The van der Waals surface area contributed by atoms with E-state index in [0.717, 1.165) is 12.5 Å². The van der Waals surface area contributed by atoms with Crippen LogP contribution in [0.2, 0.25) is 0 Å². The van der Waals surface area contributed by atoms with E-state index >= 15 is 0 Å². The average molecular weight is 410 g/mol. The van der Waals surface area contributed by atoms with Gasteiger partial charge in [-0.3, -0.25) is 9.79 Å². The summed E-state index contributed by atoms with van der Waals surface area (Å²) in [5, 5.41) is 9.46. The van der Waals surface area contributed by atoms with Crippen molar-refractivity contribution in [2.75, 3.05) is 20.1 Å². The Labute approximate surface area is 146 Å². The number of hydrogen-bond donors (Lipinski definition) is 3. The largest absolute Gasteiger partial charge is 0.356 e. The Morgan fingerprint density at radius 1 is 1.29 bits per heavy atom. The van der Waals surface area contributed by atoms with Gasteiger partial charge < -0.3 is 16.0 Å². The summed E-state index contributed by atoms with van der Waals surface area (Å²) in [6.45, 7) is 7.77. The second kappa shape index (κ2) is 10.2. The van der Waals surface area contributed by atoms with Crippen LogP contribution in [0.25, 0.3) is 0 Å². The van der Waals surface area contributed by atoms with Crippen LogP contribution in [-0.4, -0.2) is 38.0 Å². The topological polar surface area (TPSA) is 65.5 Å². The third kappa shape index (κ3) is 7.33. The van der Waals surface area contributed by atoms with Crippen molar-refractivity contribution in [3.63, 3.8) is 0 Å². The molecule has 1 rings (SSSR count). The Morgan fingerprint density at radius 3 is 2.38 bits per heavy atom. The molecule has 3 N–H and O–H groups in total. The molecule has 0 heterocycles. The zero-order valence-corrected chi connectivity index (χ0v) is 16.1. The van der Waals surface area contributed by atoms with Crippen molar-refractivity contribution in [1.29, 1.82) is 0 Å². The van der Waals surface area contributed by atoms with Crippen LogP contribution >= 0.6 is 24.0 Å². The van der Waals surface area contributed by atoms with Gasteiger partial charge in [-0.15, -0.1) is 24.0 Å². The van der Waals surface area contributed by atoms with Crippen LogP contribution in [-0.2, 0) is 4.79 Å². The molecule has 0 spiro atoms. The van der Waals surface area contributed by atoms with Crippen LogP contribution in [0, 0.1) is 5.41 Å². The molecule has 0 aromatic rings. The standard InChI is InChI=1S/C15H30N4O.HI/c1-5-15(8-6-9-15)11-18-14(16-4)17-10-7-13(20)19-12(2)3;/h12H,5-11H2,1-4H3,(H,19,20)(H2,16,17,18);1H. The average Bonchev–Trinajstić information content (AvgIpc) is 2.34. The van der Waals surface area contributed by atoms with E-state index in [2.05, 4.69) is 27.9 Å². The molecule has 0 radical (unpaired) electrons. The molecule has 0 saturated heterocycles. The zero-order chi connectivity index (χ0) is 15.0. The molecule has 21 heavy (non-hydrogen) atoms. The van der Waals surface area contributed by atoms with Crippen LogP contribution in [0.5, 0.6) is 0 Å².